The second kappa shape index (κ2) is 8.93. The van der Waals surface area contributed by atoms with Crippen LogP contribution < -0.4 is 10.1 Å². The molecule has 11 nitrogen and oxygen atoms in total. The Hall–Kier alpha value is -3.80. The van der Waals surface area contributed by atoms with Gasteiger partial charge in [0.15, 0.2) is 5.17 Å². The van der Waals surface area contributed by atoms with Gasteiger partial charge in [0.05, 0.1) is 17.6 Å². The number of carboxylic acid groups (broad SMARTS) is 1. The number of nitrogens with one attached hydrogen (secondary N) is 1. The fourth-order valence-electron chi connectivity index (χ4n) is 2.23. The highest BCUT2D eigenvalue weighted by Gasteiger charge is 2.32. The lowest BCUT2D eigenvalue weighted by Crippen LogP contribution is -2.26. The molecule has 29 heavy (non-hydrogen) atoms. The summed E-state index contributed by atoms with van der Waals surface area (Å²) in [4.78, 5) is 36.6. The van der Waals surface area contributed by atoms with Crippen LogP contribution in [0.4, 0.5) is 5.69 Å². The average Bonchev–Trinajstić information content (AvgIpc) is 3.02. The molecule has 0 radical (unpaired) electrons. The van der Waals surface area contributed by atoms with Gasteiger partial charge in [0.2, 0.25) is 5.91 Å². The van der Waals surface area contributed by atoms with Crippen molar-refractivity contribution < 1.29 is 24.4 Å². The van der Waals surface area contributed by atoms with Crippen LogP contribution in [0, 0.1) is 10.1 Å². The van der Waals surface area contributed by atoms with E-state index >= 15 is 0 Å². The molecule has 1 atom stereocenters. The number of amidine groups is 1. The van der Waals surface area contributed by atoms with Gasteiger partial charge in [-0.25, -0.2) is 4.98 Å². The van der Waals surface area contributed by atoms with Crippen LogP contribution in [0.15, 0.2) is 52.8 Å². The van der Waals surface area contributed by atoms with Gasteiger partial charge in [0.25, 0.3) is 5.88 Å². The predicted molar refractivity (Wildman–Crippen MR) is 104 cm³/mol. The number of rotatable bonds is 7. The van der Waals surface area contributed by atoms with Gasteiger partial charge in [-0.05, 0) is 35.9 Å². The summed E-state index contributed by atoms with van der Waals surface area (Å²) in [5, 5.41) is 29.4. The maximum atomic E-state index is 11.6. The van der Waals surface area contributed by atoms with Crippen molar-refractivity contribution in [3.63, 3.8) is 0 Å². The van der Waals surface area contributed by atoms with E-state index in [0.29, 0.717) is 11.3 Å². The molecule has 1 amide bonds. The summed E-state index contributed by atoms with van der Waals surface area (Å²) in [5.41, 5.74) is 0.417. The maximum Gasteiger partial charge on any atom is 0.331 e. The normalized spacial score (nSPS) is 17.4. The molecule has 1 aromatic carbocycles. The van der Waals surface area contributed by atoms with E-state index in [1.807, 2.05) is 0 Å². The Balaban J connectivity index is 1.62. The second-order valence-electron chi connectivity index (χ2n) is 5.60. The number of nitrogens with zero attached hydrogens (tertiary/aromatic N) is 4. The Labute approximate surface area is 167 Å². The summed E-state index contributed by atoms with van der Waals surface area (Å²) < 4.78 is 5.44. The zero-order valence-electron chi connectivity index (χ0n) is 14.6. The Morgan fingerprint density at radius 1 is 1.38 bits per heavy atom. The van der Waals surface area contributed by atoms with Gasteiger partial charge in [-0.15, -0.1) is 5.10 Å². The van der Waals surface area contributed by atoms with Crippen LogP contribution in [-0.4, -0.2) is 43.5 Å². The summed E-state index contributed by atoms with van der Waals surface area (Å²) >= 11 is 1.00. The third-order valence-corrected chi connectivity index (χ3v) is 4.61. The Bertz CT molecular complexity index is 1010. The first-order valence-corrected chi connectivity index (χ1v) is 8.98. The van der Waals surface area contributed by atoms with Crippen molar-refractivity contribution in [3.8, 4) is 11.6 Å². The molecule has 0 spiro atoms. The summed E-state index contributed by atoms with van der Waals surface area (Å²) in [5.74, 6) is -1.25. The quantitative estimate of drug-likeness (QED) is 0.396. The lowest BCUT2D eigenvalue weighted by Gasteiger charge is -2.04. The van der Waals surface area contributed by atoms with Crippen molar-refractivity contribution in [2.75, 3.05) is 0 Å². The van der Waals surface area contributed by atoms with Gasteiger partial charge >= 0.3 is 11.7 Å². The Morgan fingerprint density at radius 2 is 2.14 bits per heavy atom. The van der Waals surface area contributed by atoms with Gasteiger partial charge in [0.1, 0.15) is 11.0 Å². The molecule has 0 aliphatic carbocycles. The molecular weight excluding hydrogens is 402 g/mol. The van der Waals surface area contributed by atoms with E-state index in [1.165, 1.54) is 24.5 Å². The molecule has 3 rings (SSSR count). The van der Waals surface area contributed by atoms with Crippen LogP contribution >= 0.6 is 11.8 Å². The van der Waals surface area contributed by atoms with Crippen molar-refractivity contribution in [1.29, 1.82) is 0 Å². The van der Waals surface area contributed by atoms with Crippen LogP contribution in [0.2, 0.25) is 0 Å². The number of nitro groups is 1. The first-order chi connectivity index (χ1) is 13.9. The largest absolute Gasteiger partial charge is 0.481 e. The molecule has 0 bridgehead atoms. The lowest BCUT2D eigenvalue weighted by molar-refractivity contribution is -0.386. The predicted octanol–water partition coefficient (Wildman–Crippen LogP) is 2.18. The van der Waals surface area contributed by atoms with Crippen LogP contribution in [0.1, 0.15) is 12.0 Å². The van der Waals surface area contributed by atoms with Crippen molar-refractivity contribution in [1.82, 2.24) is 10.3 Å². The molecular formula is C17H13N5O6S. The van der Waals surface area contributed by atoms with Crippen LogP contribution in [0.5, 0.6) is 11.6 Å². The number of carbonyl (C=O) groups excluding carboxylic acids is 1. The van der Waals surface area contributed by atoms with Gasteiger partial charge in [-0.1, -0.05) is 11.8 Å². The smallest absolute Gasteiger partial charge is 0.331 e. The molecule has 1 aliphatic heterocycles. The molecule has 1 fully saturated rings. The molecule has 1 unspecified atom stereocenters. The Kier molecular flexibility index (Phi) is 6.14. The number of pyridine rings is 1. The molecule has 0 saturated carbocycles. The summed E-state index contributed by atoms with van der Waals surface area (Å²) in [7, 11) is 0. The fourth-order valence-corrected chi connectivity index (χ4v) is 3.14. The third kappa shape index (κ3) is 5.35. The topological polar surface area (TPSA) is 156 Å². The summed E-state index contributed by atoms with van der Waals surface area (Å²) in [6.07, 6.45) is 2.52. The molecule has 12 heteroatoms. The Morgan fingerprint density at radius 3 is 2.83 bits per heavy atom. The molecule has 1 saturated heterocycles. The van der Waals surface area contributed by atoms with E-state index in [4.69, 9.17) is 9.84 Å². The minimum Gasteiger partial charge on any atom is -0.481 e. The van der Waals surface area contributed by atoms with Crippen molar-refractivity contribution in [3.05, 3.63) is 58.3 Å². The van der Waals surface area contributed by atoms with E-state index in [0.717, 1.165) is 11.8 Å². The monoisotopic (exact) mass is 415 g/mol. The fraction of sp³-hybridized carbons (Fsp3) is 0.118. The SMILES string of the molecule is O=C(O)CC1SC(=NN=Cc2ccc(Oc3ncccc3[N+](=O)[O-])cc2)NC1=O. The summed E-state index contributed by atoms with van der Waals surface area (Å²) in [6.45, 7) is 0. The molecule has 1 aliphatic rings. The number of amides is 1. The molecule has 2 heterocycles. The third-order valence-electron chi connectivity index (χ3n) is 3.53. The maximum absolute atomic E-state index is 11.6. The molecule has 2 N–H and O–H groups in total. The number of benzene rings is 1. The van der Waals surface area contributed by atoms with E-state index in [1.54, 1.807) is 24.3 Å². The highest BCUT2D eigenvalue weighted by molar-refractivity contribution is 8.15. The van der Waals surface area contributed by atoms with Crippen LogP contribution in [0.3, 0.4) is 0 Å². The van der Waals surface area contributed by atoms with Crippen molar-refractivity contribution in [2.45, 2.75) is 11.7 Å². The van der Waals surface area contributed by atoms with Crippen LogP contribution in [0.25, 0.3) is 0 Å². The minimum atomic E-state index is -1.07. The highest BCUT2D eigenvalue weighted by atomic mass is 32.2. The minimum absolute atomic E-state index is 0.116. The van der Waals surface area contributed by atoms with Crippen molar-refractivity contribution in [2.24, 2.45) is 10.2 Å². The molecule has 148 valence electrons. The van der Waals surface area contributed by atoms with E-state index in [2.05, 4.69) is 20.5 Å². The zero-order valence-corrected chi connectivity index (χ0v) is 15.4. The van der Waals surface area contributed by atoms with Gasteiger partial charge in [0, 0.05) is 12.3 Å². The number of carboxylic acids is 1. The lowest BCUT2D eigenvalue weighted by atomic mass is 10.2. The van der Waals surface area contributed by atoms with E-state index in [9.17, 15) is 19.7 Å². The second-order valence-corrected chi connectivity index (χ2v) is 6.79. The van der Waals surface area contributed by atoms with Crippen LogP contribution in [-0.2, 0) is 9.59 Å². The van der Waals surface area contributed by atoms with Crippen molar-refractivity contribution >= 4 is 40.7 Å². The molecule has 1 aromatic heterocycles. The van der Waals surface area contributed by atoms with Gasteiger partial charge in [-0.2, -0.15) is 5.10 Å². The first kappa shape index (κ1) is 19.9. The number of aliphatic carboxylic acids is 1. The average molecular weight is 415 g/mol. The summed E-state index contributed by atoms with van der Waals surface area (Å²) in [6, 6.07) is 9.22. The number of aromatic nitrogens is 1. The van der Waals surface area contributed by atoms with Gasteiger partial charge < -0.3 is 15.2 Å². The highest BCUT2D eigenvalue weighted by Crippen LogP contribution is 2.28. The number of hydrogen-bond acceptors (Lipinski definition) is 9. The zero-order chi connectivity index (χ0) is 20.8. The molecule has 2 aromatic rings. The number of carbonyl (C=O) groups is 2. The van der Waals surface area contributed by atoms with E-state index < -0.39 is 22.0 Å². The number of ether oxygens (including phenoxy) is 1. The number of thioether (sulfide) groups is 1. The standard InChI is InChI=1S/C17H13N5O6S/c23-14(24)8-13-15(25)20-17(29-13)21-19-9-10-3-5-11(6-4-10)28-16-12(22(26)27)2-1-7-18-16/h1-7,9,13H,8H2,(H,23,24)(H,20,21,25). The van der Waals surface area contributed by atoms with E-state index in [-0.39, 0.29) is 23.2 Å². The number of hydrogen-bond donors (Lipinski definition) is 2. The van der Waals surface area contributed by atoms with Gasteiger partial charge in [-0.3, -0.25) is 19.7 Å². The first-order valence-electron chi connectivity index (χ1n) is 8.10.